The number of rotatable bonds is 6. The molecular weight excluding hydrogens is 306 g/mol. The van der Waals surface area contributed by atoms with Gasteiger partial charge in [-0.3, -0.25) is 4.72 Å². The van der Waals surface area contributed by atoms with Crippen LogP contribution in [0.3, 0.4) is 0 Å². The lowest BCUT2D eigenvalue weighted by atomic mass is 10.0. The lowest BCUT2D eigenvalue weighted by Gasteiger charge is -2.25. The van der Waals surface area contributed by atoms with Crippen LogP contribution < -0.4 is 15.4 Å². The van der Waals surface area contributed by atoms with E-state index in [0.717, 1.165) is 32.2 Å². The lowest BCUT2D eigenvalue weighted by molar-refractivity contribution is 0.166. The first kappa shape index (κ1) is 17.0. The van der Waals surface area contributed by atoms with Gasteiger partial charge in [-0.1, -0.05) is 6.07 Å². The molecule has 0 aliphatic carbocycles. The van der Waals surface area contributed by atoms with Gasteiger partial charge in [-0.15, -0.1) is 0 Å². The quantitative estimate of drug-likeness (QED) is 0.475. The molecule has 7 nitrogen and oxygen atoms in total. The normalized spacial score (nSPS) is 18.1. The van der Waals surface area contributed by atoms with Gasteiger partial charge < -0.3 is 20.8 Å². The number of aliphatic hydroxyl groups is 1. The Bertz CT molecular complexity index is 600. The van der Waals surface area contributed by atoms with Gasteiger partial charge in [-0.2, -0.15) is 0 Å². The van der Waals surface area contributed by atoms with Crippen molar-refractivity contribution in [3.05, 3.63) is 23.8 Å². The van der Waals surface area contributed by atoms with E-state index < -0.39 is 16.1 Å². The molecule has 1 aliphatic rings. The Morgan fingerprint density at radius 2 is 2.05 bits per heavy atom. The number of benzene rings is 1. The molecule has 1 saturated heterocycles. The number of piperidine rings is 1. The Labute approximate surface area is 130 Å². The molecule has 0 amide bonds. The summed E-state index contributed by atoms with van der Waals surface area (Å²) in [6.07, 6.45) is 2.27. The molecule has 1 fully saturated rings. The highest BCUT2D eigenvalue weighted by Gasteiger charge is 2.16. The zero-order valence-corrected chi connectivity index (χ0v) is 13.4. The Morgan fingerprint density at radius 3 is 2.68 bits per heavy atom. The molecule has 1 aromatic carbocycles. The van der Waals surface area contributed by atoms with Crippen molar-refractivity contribution in [3.63, 3.8) is 0 Å². The lowest BCUT2D eigenvalue weighted by Crippen LogP contribution is -2.41. The molecule has 0 spiro atoms. The number of nitrogens with one attached hydrogen (secondary N) is 3. The van der Waals surface area contributed by atoms with Gasteiger partial charge in [0, 0.05) is 12.6 Å². The summed E-state index contributed by atoms with van der Waals surface area (Å²) in [7, 11) is -3.49. The third-order valence-corrected chi connectivity index (χ3v) is 4.23. The molecule has 1 heterocycles. The van der Waals surface area contributed by atoms with E-state index in [-0.39, 0.29) is 11.4 Å². The van der Waals surface area contributed by atoms with Crippen LogP contribution in [0.15, 0.2) is 18.2 Å². The van der Waals surface area contributed by atoms with Gasteiger partial charge in [0.1, 0.15) is 5.75 Å². The molecule has 1 aliphatic heterocycles. The van der Waals surface area contributed by atoms with Crippen molar-refractivity contribution in [3.8, 4) is 5.75 Å². The third kappa shape index (κ3) is 5.13. The zero-order chi connectivity index (χ0) is 16.2. The summed E-state index contributed by atoms with van der Waals surface area (Å²) in [5.41, 5.74) is 0.617. The summed E-state index contributed by atoms with van der Waals surface area (Å²) in [5.74, 6) is -0.173. The number of sulfonamides is 1. The summed E-state index contributed by atoms with van der Waals surface area (Å²) in [6.45, 7) is 2.32. The predicted molar refractivity (Wildman–Crippen MR) is 85.4 cm³/mol. The molecule has 0 aromatic heterocycles. The molecule has 0 saturated carbocycles. The van der Waals surface area contributed by atoms with E-state index in [1.807, 2.05) is 0 Å². The Morgan fingerprint density at radius 1 is 1.36 bits per heavy atom. The van der Waals surface area contributed by atoms with E-state index >= 15 is 0 Å². The smallest absolute Gasteiger partial charge is 0.229 e. The fraction of sp³-hybridized carbons (Fsp3) is 0.571. The number of hydrogen-bond donors (Lipinski definition) is 5. The number of anilines is 1. The highest BCUT2D eigenvalue weighted by molar-refractivity contribution is 7.92. The van der Waals surface area contributed by atoms with Crippen LogP contribution in [0.1, 0.15) is 24.5 Å². The van der Waals surface area contributed by atoms with Gasteiger partial charge in [-0.25, -0.2) is 8.42 Å². The van der Waals surface area contributed by atoms with Gasteiger partial charge in [0.15, 0.2) is 0 Å². The SMILES string of the molecule is CS(=O)(=O)Nc1cc([C@@H](O)CNC2CCNCC2)ccc1O. The van der Waals surface area contributed by atoms with Crippen molar-refractivity contribution in [2.24, 2.45) is 0 Å². The van der Waals surface area contributed by atoms with Crippen molar-refractivity contribution in [2.75, 3.05) is 30.6 Å². The average Bonchev–Trinajstić information content (AvgIpc) is 2.47. The number of phenolic OH excluding ortho intramolecular Hbond substituents is 1. The van der Waals surface area contributed by atoms with Crippen LogP contribution in [0.2, 0.25) is 0 Å². The Hall–Kier alpha value is -1.35. The number of hydrogen-bond acceptors (Lipinski definition) is 6. The maximum Gasteiger partial charge on any atom is 0.229 e. The van der Waals surface area contributed by atoms with E-state index in [0.29, 0.717) is 18.2 Å². The van der Waals surface area contributed by atoms with E-state index in [1.54, 1.807) is 6.07 Å². The average molecular weight is 329 g/mol. The minimum atomic E-state index is -3.49. The van der Waals surface area contributed by atoms with Crippen LogP contribution in [0.5, 0.6) is 5.75 Å². The minimum absolute atomic E-state index is 0.0703. The standard InChI is InChI=1S/C14H23N3O4S/c1-22(20,21)17-12-8-10(2-3-13(12)18)14(19)9-16-11-4-6-15-7-5-11/h2-3,8,11,14-19H,4-7,9H2,1H3/t14-/m0/s1. The first-order valence-electron chi connectivity index (χ1n) is 7.28. The monoisotopic (exact) mass is 329 g/mol. The molecule has 124 valence electrons. The zero-order valence-electron chi connectivity index (χ0n) is 12.5. The van der Waals surface area contributed by atoms with E-state index in [9.17, 15) is 18.6 Å². The van der Waals surface area contributed by atoms with E-state index in [2.05, 4.69) is 15.4 Å². The second kappa shape index (κ2) is 7.28. The van der Waals surface area contributed by atoms with Crippen molar-refractivity contribution < 1.29 is 18.6 Å². The topological polar surface area (TPSA) is 111 Å². The predicted octanol–water partition coefficient (Wildman–Crippen LogP) is 0.139. The van der Waals surface area contributed by atoms with E-state index in [1.165, 1.54) is 12.1 Å². The van der Waals surface area contributed by atoms with Crippen LogP contribution >= 0.6 is 0 Å². The van der Waals surface area contributed by atoms with E-state index in [4.69, 9.17) is 0 Å². The fourth-order valence-electron chi connectivity index (χ4n) is 2.46. The second-order valence-electron chi connectivity index (χ2n) is 5.60. The summed E-state index contributed by atoms with van der Waals surface area (Å²) < 4.78 is 24.8. The van der Waals surface area contributed by atoms with Crippen LogP contribution in [0.25, 0.3) is 0 Å². The highest BCUT2D eigenvalue weighted by Crippen LogP contribution is 2.27. The van der Waals surface area contributed by atoms with Crippen LogP contribution in [-0.4, -0.2) is 50.6 Å². The maximum atomic E-state index is 11.3. The summed E-state index contributed by atoms with van der Waals surface area (Å²) in [6, 6.07) is 4.78. The van der Waals surface area contributed by atoms with Crippen LogP contribution in [0, 0.1) is 0 Å². The van der Waals surface area contributed by atoms with Gasteiger partial charge in [0.25, 0.3) is 0 Å². The molecular formula is C14H23N3O4S. The number of aromatic hydroxyl groups is 1. The first-order chi connectivity index (χ1) is 10.3. The highest BCUT2D eigenvalue weighted by atomic mass is 32.2. The third-order valence-electron chi connectivity index (χ3n) is 3.64. The molecule has 0 radical (unpaired) electrons. The number of phenols is 1. The molecule has 5 N–H and O–H groups in total. The second-order valence-corrected chi connectivity index (χ2v) is 7.35. The van der Waals surface area contributed by atoms with Crippen molar-refractivity contribution in [1.82, 2.24) is 10.6 Å². The largest absolute Gasteiger partial charge is 0.506 e. The fourth-order valence-corrected chi connectivity index (χ4v) is 3.03. The summed E-state index contributed by atoms with van der Waals surface area (Å²) in [5, 5.41) is 26.5. The van der Waals surface area contributed by atoms with Gasteiger partial charge in [0.2, 0.25) is 10.0 Å². The molecule has 1 atom stereocenters. The Balaban J connectivity index is 1.99. The molecule has 1 aromatic rings. The van der Waals surface area contributed by atoms with Crippen LogP contribution in [-0.2, 0) is 10.0 Å². The van der Waals surface area contributed by atoms with Crippen molar-refractivity contribution >= 4 is 15.7 Å². The van der Waals surface area contributed by atoms with Gasteiger partial charge in [0.05, 0.1) is 18.0 Å². The minimum Gasteiger partial charge on any atom is -0.506 e. The van der Waals surface area contributed by atoms with Crippen molar-refractivity contribution in [1.29, 1.82) is 0 Å². The Kier molecular flexibility index (Phi) is 5.63. The van der Waals surface area contributed by atoms with Crippen molar-refractivity contribution in [2.45, 2.75) is 25.0 Å². The molecule has 2 rings (SSSR count). The van der Waals surface area contributed by atoms with Gasteiger partial charge >= 0.3 is 0 Å². The molecule has 8 heteroatoms. The maximum absolute atomic E-state index is 11.3. The summed E-state index contributed by atoms with van der Waals surface area (Å²) in [4.78, 5) is 0. The molecule has 22 heavy (non-hydrogen) atoms. The van der Waals surface area contributed by atoms with Gasteiger partial charge in [-0.05, 0) is 43.6 Å². The molecule has 0 unspecified atom stereocenters. The molecule has 0 bridgehead atoms. The summed E-state index contributed by atoms with van der Waals surface area (Å²) >= 11 is 0. The first-order valence-corrected chi connectivity index (χ1v) is 9.17. The van der Waals surface area contributed by atoms with Crippen LogP contribution in [0.4, 0.5) is 5.69 Å². The number of aliphatic hydroxyl groups excluding tert-OH is 1.